The molecule has 3 aromatic carbocycles. The molecule has 4 aromatic rings. The fraction of sp³-hybridized carbons (Fsp3) is 0.120. The molecule has 0 saturated carbocycles. The van der Waals surface area contributed by atoms with E-state index in [-0.39, 0.29) is 17.8 Å². The van der Waals surface area contributed by atoms with E-state index < -0.39 is 0 Å². The van der Waals surface area contributed by atoms with Gasteiger partial charge in [-0.25, -0.2) is 9.37 Å². The van der Waals surface area contributed by atoms with Crippen molar-refractivity contribution in [2.75, 3.05) is 7.11 Å². The molecule has 6 heteroatoms. The van der Waals surface area contributed by atoms with Gasteiger partial charge in [0.2, 0.25) is 5.89 Å². The molecule has 156 valence electrons. The van der Waals surface area contributed by atoms with Gasteiger partial charge in [-0.15, -0.1) is 0 Å². The molecule has 0 saturated heterocycles. The van der Waals surface area contributed by atoms with Crippen LogP contribution < -0.4 is 10.1 Å². The van der Waals surface area contributed by atoms with Crippen molar-refractivity contribution in [1.82, 2.24) is 10.3 Å². The van der Waals surface area contributed by atoms with Crippen LogP contribution in [0.2, 0.25) is 0 Å². The summed E-state index contributed by atoms with van der Waals surface area (Å²) in [5.74, 6) is 1.11. The summed E-state index contributed by atoms with van der Waals surface area (Å²) in [6.45, 7) is 1.85. The minimum absolute atomic E-state index is 0.267. The second kappa shape index (κ2) is 8.83. The Labute approximate surface area is 179 Å². The van der Waals surface area contributed by atoms with Crippen LogP contribution in [0.1, 0.15) is 28.9 Å². The number of ether oxygens (including phenoxy) is 1. The van der Waals surface area contributed by atoms with Crippen LogP contribution in [-0.2, 0) is 0 Å². The summed E-state index contributed by atoms with van der Waals surface area (Å²) >= 11 is 0. The summed E-state index contributed by atoms with van der Waals surface area (Å²) in [6.07, 6.45) is 1.63. The first kappa shape index (κ1) is 20.3. The molecule has 0 aliphatic rings. The van der Waals surface area contributed by atoms with E-state index in [9.17, 15) is 9.18 Å². The number of halogens is 1. The van der Waals surface area contributed by atoms with Crippen LogP contribution in [0.3, 0.4) is 0 Å². The Morgan fingerprint density at radius 2 is 1.74 bits per heavy atom. The highest BCUT2D eigenvalue weighted by Gasteiger charge is 2.19. The maximum atomic E-state index is 13.2. The predicted octanol–water partition coefficient (Wildman–Crippen LogP) is 5.65. The molecule has 31 heavy (non-hydrogen) atoms. The zero-order valence-corrected chi connectivity index (χ0v) is 17.1. The number of nitrogens with zero attached hydrogens (tertiary/aromatic N) is 1. The topological polar surface area (TPSA) is 64.4 Å². The van der Waals surface area contributed by atoms with Crippen LogP contribution >= 0.6 is 0 Å². The molecule has 1 heterocycles. The van der Waals surface area contributed by atoms with Gasteiger partial charge in [0.1, 0.15) is 11.6 Å². The van der Waals surface area contributed by atoms with Gasteiger partial charge in [-0.3, -0.25) is 4.79 Å². The molecule has 0 aliphatic carbocycles. The molecule has 0 unspecified atom stereocenters. The fourth-order valence-electron chi connectivity index (χ4n) is 3.26. The van der Waals surface area contributed by atoms with Gasteiger partial charge in [0, 0.05) is 11.1 Å². The average Bonchev–Trinajstić information content (AvgIpc) is 3.29. The number of hydrogen-bond donors (Lipinski definition) is 1. The Hall–Kier alpha value is -3.93. The first-order chi connectivity index (χ1) is 15.0. The van der Waals surface area contributed by atoms with Crippen LogP contribution in [0.25, 0.3) is 22.8 Å². The van der Waals surface area contributed by atoms with Crippen LogP contribution in [0, 0.1) is 5.82 Å². The van der Waals surface area contributed by atoms with Crippen molar-refractivity contribution in [1.29, 1.82) is 0 Å². The molecule has 1 amide bonds. The van der Waals surface area contributed by atoms with Crippen LogP contribution in [-0.4, -0.2) is 18.0 Å². The van der Waals surface area contributed by atoms with Crippen LogP contribution in [0.15, 0.2) is 83.4 Å². The number of oxazole rings is 1. The van der Waals surface area contributed by atoms with E-state index in [1.807, 2.05) is 37.3 Å². The molecule has 0 bridgehead atoms. The second-order valence-corrected chi connectivity index (χ2v) is 7.05. The zero-order valence-electron chi connectivity index (χ0n) is 17.1. The molecule has 0 radical (unpaired) electrons. The highest BCUT2D eigenvalue weighted by molar-refractivity contribution is 6.00. The van der Waals surface area contributed by atoms with Gasteiger partial charge in [0.05, 0.1) is 24.9 Å². The van der Waals surface area contributed by atoms with E-state index in [1.54, 1.807) is 43.6 Å². The molecule has 5 nitrogen and oxygen atoms in total. The standard InChI is InChI=1S/C25H21FN2O3/c1-16(17-7-11-19(26)12-8-17)28-24(29)21-5-3-4-6-22(21)25-27-15-23(31-25)18-9-13-20(30-2)14-10-18/h3-16H,1-2H3,(H,28,29)/t16-/m0/s1. The molecule has 4 rings (SSSR count). The largest absolute Gasteiger partial charge is 0.497 e. The first-order valence-corrected chi connectivity index (χ1v) is 9.81. The number of carbonyl (C=O) groups is 1. The number of amides is 1. The van der Waals surface area contributed by atoms with Gasteiger partial charge in [0.25, 0.3) is 5.91 Å². The van der Waals surface area contributed by atoms with Crippen molar-refractivity contribution < 1.29 is 18.3 Å². The number of carbonyl (C=O) groups excluding carboxylic acids is 1. The number of rotatable bonds is 6. The lowest BCUT2D eigenvalue weighted by molar-refractivity contribution is 0.0940. The number of methoxy groups -OCH3 is 1. The van der Waals surface area contributed by atoms with E-state index in [1.165, 1.54) is 12.1 Å². The lowest BCUT2D eigenvalue weighted by atomic mass is 10.0. The number of aromatic nitrogens is 1. The van der Waals surface area contributed by atoms with Crippen molar-refractivity contribution in [3.63, 3.8) is 0 Å². The van der Waals surface area contributed by atoms with Crippen molar-refractivity contribution in [3.8, 4) is 28.5 Å². The van der Waals surface area contributed by atoms with E-state index in [0.29, 0.717) is 22.8 Å². The summed E-state index contributed by atoms with van der Waals surface area (Å²) < 4.78 is 24.3. The number of hydrogen-bond acceptors (Lipinski definition) is 4. The normalized spacial score (nSPS) is 11.7. The molecule has 0 spiro atoms. The third-order valence-electron chi connectivity index (χ3n) is 5.00. The summed E-state index contributed by atoms with van der Waals surface area (Å²) in [7, 11) is 1.61. The summed E-state index contributed by atoms with van der Waals surface area (Å²) in [6, 6.07) is 20.3. The van der Waals surface area contributed by atoms with Crippen LogP contribution in [0.5, 0.6) is 5.75 Å². The monoisotopic (exact) mass is 416 g/mol. The Morgan fingerprint density at radius 3 is 2.45 bits per heavy atom. The van der Waals surface area contributed by atoms with E-state index >= 15 is 0 Å². The molecule has 1 N–H and O–H groups in total. The molecular formula is C25H21FN2O3. The Kier molecular flexibility index (Phi) is 5.80. The zero-order chi connectivity index (χ0) is 21.8. The smallest absolute Gasteiger partial charge is 0.252 e. The highest BCUT2D eigenvalue weighted by atomic mass is 19.1. The molecule has 0 aliphatic heterocycles. The van der Waals surface area contributed by atoms with Gasteiger partial charge >= 0.3 is 0 Å². The third-order valence-corrected chi connectivity index (χ3v) is 5.00. The Balaban J connectivity index is 1.57. The quantitative estimate of drug-likeness (QED) is 0.441. The van der Waals surface area contributed by atoms with Gasteiger partial charge in [-0.2, -0.15) is 0 Å². The van der Waals surface area contributed by atoms with Crippen molar-refractivity contribution in [2.24, 2.45) is 0 Å². The summed E-state index contributed by atoms with van der Waals surface area (Å²) in [4.78, 5) is 17.3. The average molecular weight is 416 g/mol. The first-order valence-electron chi connectivity index (χ1n) is 9.81. The predicted molar refractivity (Wildman–Crippen MR) is 116 cm³/mol. The number of nitrogens with one attached hydrogen (secondary N) is 1. The third kappa shape index (κ3) is 4.48. The van der Waals surface area contributed by atoms with Crippen molar-refractivity contribution in [3.05, 3.63) is 95.9 Å². The lowest BCUT2D eigenvalue weighted by Gasteiger charge is -2.15. The van der Waals surface area contributed by atoms with Gasteiger partial charge < -0.3 is 14.5 Å². The van der Waals surface area contributed by atoms with E-state index in [0.717, 1.165) is 16.9 Å². The minimum Gasteiger partial charge on any atom is -0.497 e. The van der Waals surface area contributed by atoms with E-state index in [4.69, 9.17) is 9.15 Å². The Morgan fingerprint density at radius 1 is 1.03 bits per heavy atom. The molecular weight excluding hydrogens is 395 g/mol. The maximum Gasteiger partial charge on any atom is 0.252 e. The van der Waals surface area contributed by atoms with E-state index in [2.05, 4.69) is 10.3 Å². The second-order valence-electron chi connectivity index (χ2n) is 7.05. The number of benzene rings is 3. The summed E-state index contributed by atoms with van der Waals surface area (Å²) in [5.41, 5.74) is 2.70. The van der Waals surface area contributed by atoms with Gasteiger partial charge in [-0.1, -0.05) is 24.3 Å². The Bertz CT molecular complexity index is 1180. The van der Waals surface area contributed by atoms with Gasteiger partial charge in [0.15, 0.2) is 5.76 Å². The fourth-order valence-corrected chi connectivity index (χ4v) is 3.26. The van der Waals surface area contributed by atoms with Crippen LogP contribution in [0.4, 0.5) is 4.39 Å². The van der Waals surface area contributed by atoms with Gasteiger partial charge in [-0.05, 0) is 61.0 Å². The highest BCUT2D eigenvalue weighted by Crippen LogP contribution is 2.29. The lowest BCUT2D eigenvalue weighted by Crippen LogP contribution is -2.27. The summed E-state index contributed by atoms with van der Waals surface area (Å²) in [5, 5.41) is 2.95. The molecule has 1 atom stereocenters. The van der Waals surface area contributed by atoms with Crippen molar-refractivity contribution >= 4 is 5.91 Å². The van der Waals surface area contributed by atoms with Crippen molar-refractivity contribution in [2.45, 2.75) is 13.0 Å². The minimum atomic E-state index is -0.316. The SMILES string of the molecule is COc1ccc(-c2cnc(-c3ccccc3C(=O)N[C@@H](C)c3ccc(F)cc3)o2)cc1. The maximum absolute atomic E-state index is 13.2. The molecule has 0 fully saturated rings. The molecule has 1 aromatic heterocycles.